The summed E-state index contributed by atoms with van der Waals surface area (Å²) in [6, 6.07) is 12.5. The van der Waals surface area contributed by atoms with Gasteiger partial charge in [0, 0.05) is 30.3 Å². The number of hydrogen-bond donors (Lipinski definition) is 1. The molecule has 0 bridgehead atoms. The first-order valence-electron chi connectivity index (χ1n) is 10.1. The number of nitrogens with zero attached hydrogens (tertiary/aromatic N) is 5. The molecule has 4 rings (SSSR count). The summed E-state index contributed by atoms with van der Waals surface area (Å²) in [5.41, 5.74) is 1.94. The summed E-state index contributed by atoms with van der Waals surface area (Å²) in [6.45, 7) is 4.79. The molecule has 166 valence electrons. The third-order valence-corrected chi connectivity index (χ3v) is 5.19. The zero-order valence-electron chi connectivity index (χ0n) is 17.4. The number of nitro groups is 1. The summed E-state index contributed by atoms with van der Waals surface area (Å²) < 4.78 is 12.7. The van der Waals surface area contributed by atoms with Crippen molar-refractivity contribution in [2.45, 2.75) is 6.92 Å². The van der Waals surface area contributed by atoms with Crippen molar-refractivity contribution in [2.24, 2.45) is 5.10 Å². The molecule has 0 radical (unpaired) electrons. The van der Waals surface area contributed by atoms with Crippen LogP contribution < -0.4 is 9.64 Å². The van der Waals surface area contributed by atoms with Crippen molar-refractivity contribution in [1.29, 1.82) is 0 Å². The maximum absolute atomic E-state index is 11.7. The Morgan fingerprint density at radius 1 is 1.31 bits per heavy atom. The van der Waals surface area contributed by atoms with E-state index in [1.807, 2.05) is 36.1 Å². The number of morpholine rings is 1. The van der Waals surface area contributed by atoms with Crippen molar-refractivity contribution >= 4 is 29.8 Å². The molecule has 0 aliphatic carbocycles. The molecule has 1 saturated heterocycles. The van der Waals surface area contributed by atoms with Crippen LogP contribution in [0, 0.1) is 14.9 Å². The summed E-state index contributed by atoms with van der Waals surface area (Å²) >= 11 is 5.32. The second kappa shape index (κ2) is 9.71. The second-order valence-electron chi connectivity index (χ2n) is 6.97. The van der Waals surface area contributed by atoms with Crippen LogP contribution in [-0.2, 0) is 4.74 Å². The lowest BCUT2D eigenvalue weighted by Gasteiger charge is -2.28. The number of hydrogen-bond acceptors (Lipinski definition) is 8. The Morgan fingerprint density at radius 3 is 2.88 bits per heavy atom. The van der Waals surface area contributed by atoms with Gasteiger partial charge in [-0.2, -0.15) is 14.9 Å². The van der Waals surface area contributed by atoms with Crippen molar-refractivity contribution in [3.63, 3.8) is 0 Å². The van der Waals surface area contributed by atoms with Crippen LogP contribution in [0.5, 0.6) is 5.75 Å². The van der Waals surface area contributed by atoms with Crippen LogP contribution in [0.1, 0.15) is 12.5 Å². The Hall–Kier alpha value is -3.57. The van der Waals surface area contributed by atoms with Crippen molar-refractivity contribution in [2.75, 3.05) is 37.8 Å². The Labute approximate surface area is 189 Å². The molecule has 1 N–H and O–H groups in total. The number of benzene rings is 2. The first-order chi connectivity index (χ1) is 15.6. The molecule has 10 nitrogen and oxygen atoms in total. The monoisotopic (exact) mass is 454 g/mol. The lowest BCUT2D eigenvalue weighted by Crippen LogP contribution is -2.36. The van der Waals surface area contributed by atoms with Gasteiger partial charge in [0.15, 0.2) is 5.82 Å². The highest BCUT2D eigenvalue weighted by atomic mass is 32.1. The van der Waals surface area contributed by atoms with Crippen molar-refractivity contribution in [3.8, 4) is 17.1 Å². The van der Waals surface area contributed by atoms with Crippen LogP contribution in [0.2, 0.25) is 0 Å². The first kappa shape index (κ1) is 21.7. The molecule has 1 aliphatic heterocycles. The summed E-state index contributed by atoms with van der Waals surface area (Å²) in [7, 11) is 0. The van der Waals surface area contributed by atoms with Crippen molar-refractivity contribution in [3.05, 3.63) is 62.9 Å². The van der Waals surface area contributed by atoms with Gasteiger partial charge in [-0.1, -0.05) is 18.2 Å². The van der Waals surface area contributed by atoms with Gasteiger partial charge in [-0.3, -0.25) is 10.1 Å². The van der Waals surface area contributed by atoms with Gasteiger partial charge in [0.05, 0.1) is 31.0 Å². The van der Waals surface area contributed by atoms with E-state index in [1.165, 1.54) is 17.0 Å². The molecule has 11 heteroatoms. The van der Waals surface area contributed by atoms with Gasteiger partial charge >= 0.3 is 0 Å². The Kier molecular flexibility index (Phi) is 6.57. The molecule has 0 unspecified atom stereocenters. The van der Waals surface area contributed by atoms with Crippen molar-refractivity contribution < 1.29 is 14.4 Å². The fourth-order valence-corrected chi connectivity index (χ4v) is 3.62. The van der Waals surface area contributed by atoms with E-state index in [2.05, 4.69) is 15.3 Å². The number of nitro benzene ring substituents is 1. The number of ether oxygens (including phenoxy) is 2. The molecule has 0 saturated carbocycles. The maximum Gasteiger partial charge on any atom is 0.293 e. The van der Waals surface area contributed by atoms with Crippen LogP contribution in [0.4, 0.5) is 11.4 Å². The highest BCUT2D eigenvalue weighted by Gasteiger charge is 2.21. The van der Waals surface area contributed by atoms with Gasteiger partial charge in [-0.05, 0) is 37.3 Å². The number of rotatable bonds is 7. The molecule has 1 aromatic heterocycles. The minimum Gasteiger partial charge on any atom is -0.494 e. The highest BCUT2D eigenvalue weighted by Crippen LogP contribution is 2.29. The average Bonchev–Trinajstić information content (AvgIpc) is 3.18. The van der Waals surface area contributed by atoms with E-state index in [4.69, 9.17) is 21.7 Å². The summed E-state index contributed by atoms with van der Waals surface area (Å²) in [5, 5.41) is 23.1. The molecule has 1 aliphatic rings. The highest BCUT2D eigenvalue weighted by molar-refractivity contribution is 7.71. The van der Waals surface area contributed by atoms with Crippen LogP contribution >= 0.6 is 12.2 Å². The fraction of sp³-hybridized carbons (Fsp3) is 0.286. The standard InChI is InChI=1S/C21H22N6O4S/c1-2-31-17-5-3-4-16(13-17)20-23-24-21(32)26(20)22-14-15-6-7-18(19(12-15)27(28)29)25-8-10-30-11-9-25/h3-7,12-14H,2,8-11H2,1H3,(H,24,32)/b22-14-. The van der Waals surface area contributed by atoms with E-state index in [0.717, 1.165) is 5.56 Å². The second-order valence-corrected chi connectivity index (χ2v) is 7.36. The number of aromatic nitrogens is 3. The van der Waals surface area contributed by atoms with E-state index in [9.17, 15) is 10.1 Å². The summed E-state index contributed by atoms with van der Waals surface area (Å²) in [6.07, 6.45) is 1.53. The van der Waals surface area contributed by atoms with E-state index in [0.29, 0.717) is 60.5 Å². The van der Waals surface area contributed by atoms with Gasteiger partial charge in [0.25, 0.3) is 5.69 Å². The van der Waals surface area contributed by atoms with Crippen LogP contribution in [-0.4, -0.2) is 58.9 Å². The number of anilines is 1. The third-order valence-electron chi connectivity index (χ3n) is 4.92. The molecular formula is C21H22N6O4S. The van der Waals surface area contributed by atoms with E-state index >= 15 is 0 Å². The quantitative estimate of drug-likeness (QED) is 0.251. The molecule has 2 aromatic carbocycles. The van der Waals surface area contributed by atoms with Gasteiger partial charge in [0.1, 0.15) is 11.4 Å². The SMILES string of the molecule is CCOc1cccc(-c2n[nH]c(=S)n2/N=C\c2ccc(N3CCOCC3)c([N+](=O)[O-])c2)c1. The number of nitrogens with one attached hydrogen (secondary N) is 1. The topological polar surface area (TPSA) is 111 Å². The van der Waals surface area contributed by atoms with E-state index in [-0.39, 0.29) is 10.6 Å². The molecule has 32 heavy (non-hydrogen) atoms. The van der Waals surface area contributed by atoms with Crippen LogP contribution in [0.3, 0.4) is 0 Å². The minimum absolute atomic E-state index is 0.0243. The molecule has 1 fully saturated rings. The Balaban J connectivity index is 1.65. The lowest BCUT2D eigenvalue weighted by atomic mass is 10.1. The zero-order chi connectivity index (χ0) is 22.5. The largest absolute Gasteiger partial charge is 0.494 e. The zero-order valence-corrected chi connectivity index (χ0v) is 18.2. The Morgan fingerprint density at radius 2 is 2.12 bits per heavy atom. The predicted molar refractivity (Wildman–Crippen MR) is 123 cm³/mol. The van der Waals surface area contributed by atoms with Crippen LogP contribution in [0.25, 0.3) is 11.4 Å². The summed E-state index contributed by atoms with van der Waals surface area (Å²) in [5.74, 6) is 1.22. The predicted octanol–water partition coefficient (Wildman–Crippen LogP) is 3.63. The molecular weight excluding hydrogens is 432 g/mol. The first-order valence-corrected chi connectivity index (χ1v) is 10.5. The lowest BCUT2D eigenvalue weighted by molar-refractivity contribution is -0.384. The fourth-order valence-electron chi connectivity index (χ4n) is 3.44. The Bertz CT molecular complexity index is 1200. The molecule has 0 atom stereocenters. The average molecular weight is 455 g/mol. The normalized spacial score (nSPS) is 14.1. The molecule has 0 amide bonds. The van der Waals surface area contributed by atoms with Gasteiger partial charge in [0.2, 0.25) is 4.77 Å². The van der Waals surface area contributed by atoms with Gasteiger partial charge < -0.3 is 14.4 Å². The molecule has 2 heterocycles. The van der Waals surface area contributed by atoms with Crippen molar-refractivity contribution in [1.82, 2.24) is 14.9 Å². The third kappa shape index (κ3) is 4.68. The van der Waals surface area contributed by atoms with Crippen LogP contribution in [0.15, 0.2) is 47.6 Å². The molecule has 3 aromatic rings. The number of H-pyrrole nitrogens is 1. The van der Waals surface area contributed by atoms with E-state index < -0.39 is 0 Å². The minimum atomic E-state index is -0.379. The summed E-state index contributed by atoms with van der Waals surface area (Å²) in [4.78, 5) is 13.3. The maximum atomic E-state index is 11.7. The van der Waals surface area contributed by atoms with E-state index in [1.54, 1.807) is 12.1 Å². The van der Waals surface area contributed by atoms with Gasteiger partial charge in [-0.15, -0.1) is 0 Å². The number of aromatic amines is 1. The molecule has 0 spiro atoms. The smallest absolute Gasteiger partial charge is 0.293 e. The van der Waals surface area contributed by atoms with Gasteiger partial charge in [-0.25, -0.2) is 5.10 Å².